The van der Waals surface area contributed by atoms with Gasteiger partial charge in [-0.3, -0.25) is 5.43 Å². The van der Waals surface area contributed by atoms with Gasteiger partial charge in [0.05, 0.1) is 6.21 Å². The van der Waals surface area contributed by atoms with E-state index in [1.54, 1.807) is 18.2 Å². The summed E-state index contributed by atoms with van der Waals surface area (Å²) in [6, 6.07) is 23.6. The molecule has 4 aromatic rings. The van der Waals surface area contributed by atoms with E-state index in [-0.39, 0.29) is 5.75 Å². The van der Waals surface area contributed by atoms with E-state index in [9.17, 15) is 13.2 Å². The van der Waals surface area contributed by atoms with E-state index in [0.29, 0.717) is 28.0 Å². The first-order valence-electron chi connectivity index (χ1n) is 9.96. The van der Waals surface area contributed by atoms with E-state index in [0.717, 1.165) is 11.3 Å². The molecule has 0 atom stereocenters. The zero-order chi connectivity index (χ0) is 24.0. The van der Waals surface area contributed by atoms with Crippen molar-refractivity contribution in [2.24, 2.45) is 5.10 Å². The van der Waals surface area contributed by atoms with Crippen LogP contribution < -0.4 is 15.5 Å². The highest BCUT2D eigenvalue weighted by Gasteiger charge is 2.30. The standard InChI is InChI=1S/C24H17ClF3N5O/c25-18-8-10-19(11-9-18)30-21-14-22(32-23(31-21)17-4-2-1-3-5-17)33-29-15-16-6-12-20(13-7-16)34-24(26,27)28/h1-15H,(H2,30,31,32,33)/b29-15-. The molecule has 0 radical (unpaired) electrons. The summed E-state index contributed by atoms with van der Waals surface area (Å²) in [5.41, 5.74) is 5.01. The van der Waals surface area contributed by atoms with E-state index in [4.69, 9.17) is 11.6 Å². The number of hydrazone groups is 1. The molecule has 4 rings (SSSR count). The van der Waals surface area contributed by atoms with E-state index < -0.39 is 6.36 Å². The van der Waals surface area contributed by atoms with Crippen molar-refractivity contribution < 1.29 is 17.9 Å². The number of halogens is 4. The number of aromatic nitrogens is 2. The Morgan fingerprint density at radius 1 is 0.853 bits per heavy atom. The first-order chi connectivity index (χ1) is 16.3. The van der Waals surface area contributed by atoms with Crippen LogP contribution in [-0.4, -0.2) is 22.5 Å². The maximum atomic E-state index is 12.3. The second-order valence-electron chi connectivity index (χ2n) is 6.95. The molecular weight excluding hydrogens is 467 g/mol. The van der Waals surface area contributed by atoms with Gasteiger partial charge >= 0.3 is 6.36 Å². The highest BCUT2D eigenvalue weighted by molar-refractivity contribution is 6.30. The van der Waals surface area contributed by atoms with E-state index >= 15 is 0 Å². The number of anilines is 3. The monoisotopic (exact) mass is 483 g/mol. The number of nitrogens with one attached hydrogen (secondary N) is 2. The van der Waals surface area contributed by atoms with Crippen molar-refractivity contribution in [3.8, 4) is 17.1 Å². The molecule has 6 nitrogen and oxygen atoms in total. The number of nitrogens with zero attached hydrogens (tertiary/aromatic N) is 3. The fraction of sp³-hybridized carbons (Fsp3) is 0.0417. The Hall–Kier alpha value is -4.11. The van der Waals surface area contributed by atoms with Gasteiger partial charge in [-0.1, -0.05) is 41.9 Å². The fourth-order valence-corrected chi connectivity index (χ4v) is 3.02. The normalized spacial score (nSPS) is 11.4. The Labute approximate surface area is 198 Å². The molecule has 0 bridgehead atoms. The Bertz CT molecular complexity index is 1260. The molecule has 0 aliphatic rings. The van der Waals surface area contributed by atoms with E-state index in [2.05, 4.69) is 30.5 Å². The summed E-state index contributed by atoms with van der Waals surface area (Å²) in [5.74, 6) is 1.12. The minimum atomic E-state index is -4.74. The lowest BCUT2D eigenvalue weighted by atomic mass is 10.2. The van der Waals surface area contributed by atoms with Crippen molar-refractivity contribution in [1.29, 1.82) is 0 Å². The van der Waals surface area contributed by atoms with Crippen molar-refractivity contribution in [3.63, 3.8) is 0 Å². The lowest BCUT2D eigenvalue weighted by Crippen LogP contribution is -2.17. The summed E-state index contributed by atoms with van der Waals surface area (Å²) < 4.78 is 40.7. The van der Waals surface area contributed by atoms with Gasteiger partial charge in [0, 0.05) is 22.3 Å². The van der Waals surface area contributed by atoms with Crippen LogP contribution in [-0.2, 0) is 0 Å². The molecule has 1 aromatic heterocycles. The van der Waals surface area contributed by atoms with Crippen LogP contribution in [0.25, 0.3) is 11.4 Å². The zero-order valence-corrected chi connectivity index (χ0v) is 18.2. The Balaban J connectivity index is 1.53. The first-order valence-corrected chi connectivity index (χ1v) is 10.3. The molecule has 3 aromatic carbocycles. The lowest BCUT2D eigenvalue weighted by molar-refractivity contribution is -0.274. The molecule has 0 aliphatic heterocycles. The highest BCUT2D eigenvalue weighted by Crippen LogP contribution is 2.24. The van der Waals surface area contributed by atoms with Crippen molar-refractivity contribution in [2.75, 3.05) is 10.7 Å². The van der Waals surface area contributed by atoms with E-state index in [1.165, 1.54) is 30.5 Å². The average molecular weight is 484 g/mol. The zero-order valence-electron chi connectivity index (χ0n) is 17.4. The molecule has 0 aliphatic carbocycles. The second-order valence-corrected chi connectivity index (χ2v) is 7.38. The molecule has 1 heterocycles. The molecular formula is C24H17ClF3N5O. The number of rotatable bonds is 7. The highest BCUT2D eigenvalue weighted by atomic mass is 35.5. The summed E-state index contributed by atoms with van der Waals surface area (Å²) in [4.78, 5) is 9.08. The number of benzene rings is 3. The summed E-state index contributed by atoms with van der Waals surface area (Å²) in [7, 11) is 0. The van der Waals surface area contributed by atoms with E-state index in [1.807, 2.05) is 42.5 Å². The number of alkyl halides is 3. The van der Waals surface area contributed by atoms with Gasteiger partial charge in [0.25, 0.3) is 0 Å². The van der Waals surface area contributed by atoms with Gasteiger partial charge in [-0.05, 0) is 54.1 Å². The third kappa shape index (κ3) is 6.69. The minimum absolute atomic E-state index is 0.307. The van der Waals surface area contributed by atoms with Crippen LogP contribution in [0.5, 0.6) is 5.75 Å². The van der Waals surface area contributed by atoms with Crippen LogP contribution in [0.4, 0.5) is 30.5 Å². The van der Waals surface area contributed by atoms with Crippen molar-refractivity contribution in [1.82, 2.24) is 9.97 Å². The molecule has 0 saturated heterocycles. The Morgan fingerprint density at radius 2 is 1.53 bits per heavy atom. The fourth-order valence-electron chi connectivity index (χ4n) is 2.89. The van der Waals surface area contributed by atoms with Gasteiger partial charge < -0.3 is 10.1 Å². The molecule has 172 valence electrons. The molecule has 2 N–H and O–H groups in total. The number of hydrogen-bond acceptors (Lipinski definition) is 6. The molecule has 0 amide bonds. The maximum Gasteiger partial charge on any atom is 0.573 e. The van der Waals surface area contributed by atoms with Gasteiger partial charge in [0.1, 0.15) is 11.6 Å². The van der Waals surface area contributed by atoms with Crippen LogP contribution in [0.15, 0.2) is 90.0 Å². The molecule has 0 fully saturated rings. The maximum absolute atomic E-state index is 12.3. The van der Waals surface area contributed by atoms with Crippen LogP contribution >= 0.6 is 11.6 Å². The lowest BCUT2D eigenvalue weighted by Gasteiger charge is -2.10. The molecule has 0 unspecified atom stereocenters. The van der Waals surface area contributed by atoms with Crippen LogP contribution in [0.2, 0.25) is 5.02 Å². The smallest absolute Gasteiger partial charge is 0.406 e. The van der Waals surface area contributed by atoms with Crippen LogP contribution in [0, 0.1) is 0 Å². The van der Waals surface area contributed by atoms with Gasteiger partial charge in [-0.25, -0.2) is 9.97 Å². The van der Waals surface area contributed by atoms with Crippen molar-refractivity contribution >= 4 is 35.1 Å². The Morgan fingerprint density at radius 3 is 2.21 bits per heavy atom. The summed E-state index contributed by atoms with van der Waals surface area (Å²) in [5, 5.41) is 7.96. The summed E-state index contributed by atoms with van der Waals surface area (Å²) in [6.07, 6.45) is -3.29. The van der Waals surface area contributed by atoms with Gasteiger partial charge in [0.2, 0.25) is 0 Å². The SMILES string of the molecule is FC(F)(F)Oc1ccc(/C=N\Nc2cc(Nc3ccc(Cl)cc3)nc(-c3ccccc3)n2)cc1. The van der Waals surface area contributed by atoms with Crippen LogP contribution in [0.1, 0.15) is 5.56 Å². The predicted octanol–water partition coefficient (Wildman–Crippen LogP) is 6.89. The molecule has 0 spiro atoms. The minimum Gasteiger partial charge on any atom is -0.406 e. The third-order valence-electron chi connectivity index (χ3n) is 4.38. The second kappa shape index (κ2) is 10.2. The molecule has 34 heavy (non-hydrogen) atoms. The van der Waals surface area contributed by atoms with Crippen LogP contribution in [0.3, 0.4) is 0 Å². The molecule has 10 heteroatoms. The van der Waals surface area contributed by atoms with Gasteiger partial charge in [0.15, 0.2) is 11.6 Å². The average Bonchev–Trinajstić information content (AvgIpc) is 2.81. The molecule has 0 saturated carbocycles. The quantitative estimate of drug-likeness (QED) is 0.221. The number of ether oxygens (including phenoxy) is 1. The predicted molar refractivity (Wildman–Crippen MR) is 127 cm³/mol. The topological polar surface area (TPSA) is 71.4 Å². The summed E-state index contributed by atoms with van der Waals surface area (Å²) >= 11 is 5.95. The third-order valence-corrected chi connectivity index (χ3v) is 4.63. The van der Waals surface area contributed by atoms with Crippen molar-refractivity contribution in [3.05, 3.63) is 95.5 Å². The first kappa shape index (κ1) is 23.1. The van der Waals surface area contributed by atoms with Gasteiger partial charge in [-0.2, -0.15) is 5.10 Å². The summed E-state index contributed by atoms with van der Waals surface area (Å²) in [6.45, 7) is 0. The number of hydrogen-bond donors (Lipinski definition) is 2. The Kier molecular flexibility index (Phi) is 6.93. The van der Waals surface area contributed by atoms with Gasteiger partial charge in [-0.15, -0.1) is 13.2 Å². The van der Waals surface area contributed by atoms with Crippen molar-refractivity contribution in [2.45, 2.75) is 6.36 Å². The largest absolute Gasteiger partial charge is 0.573 e.